The van der Waals surface area contributed by atoms with E-state index in [1.165, 1.54) is 0 Å². The number of halogens is 1. The molecule has 3 aromatic rings. The Morgan fingerprint density at radius 2 is 1.28 bits per heavy atom. The molecule has 0 saturated heterocycles. The summed E-state index contributed by atoms with van der Waals surface area (Å²) in [6.07, 6.45) is 6.47. The maximum atomic E-state index is 13.4. The standard InChI is InChI=1S/C34H45N3O4S.HI/c1-5-6-7-8-9-13-25-42(40,41)36-32-22-21-30(29-19-17-28(18-20-29)27-15-11-10-12-16-27)26-31(32)33(38)34(39)35-23-14-24-37(2,3)4;/h10-12,15-22,26H,5-9,13-14,23-25H2,1-4H3,(H-,35,36,38,39);1H. The molecule has 2 N–H and O–H groups in total. The van der Waals surface area contributed by atoms with Gasteiger partial charge in [-0.2, -0.15) is 0 Å². The van der Waals surface area contributed by atoms with Crippen LogP contribution in [0.5, 0.6) is 0 Å². The van der Waals surface area contributed by atoms with E-state index in [0.717, 1.165) is 65.4 Å². The van der Waals surface area contributed by atoms with Crippen LogP contribution in [-0.2, 0) is 14.8 Å². The maximum Gasteiger partial charge on any atom is 0.292 e. The molecule has 0 fully saturated rings. The molecule has 9 heteroatoms. The second-order valence-electron chi connectivity index (χ2n) is 11.8. The van der Waals surface area contributed by atoms with E-state index < -0.39 is 21.7 Å². The fourth-order valence-corrected chi connectivity index (χ4v) is 5.93. The first-order valence-electron chi connectivity index (χ1n) is 14.9. The van der Waals surface area contributed by atoms with Crippen LogP contribution in [0.3, 0.4) is 0 Å². The van der Waals surface area contributed by atoms with E-state index in [4.69, 9.17) is 0 Å². The maximum absolute atomic E-state index is 13.4. The lowest BCUT2D eigenvalue weighted by molar-refractivity contribution is -0.870. The zero-order valence-electron chi connectivity index (χ0n) is 25.9. The number of nitrogens with one attached hydrogen (secondary N) is 2. The molecular formula is C34H46IN3O4S. The highest BCUT2D eigenvalue weighted by Crippen LogP contribution is 2.29. The molecule has 0 unspecified atom stereocenters. The smallest absolute Gasteiger partial charge is 0.292 e. The first kappa shape index (κ1) is 36.4. The summed E-state index contributed by atoms with van der Waals surface area (Å²) in [5, 5.41) is 2.71. The first-order valence-corrected chi connectivity index (χ1v) is 16.6. The van der Waals surface area contributed by atoms with Crippen LogP contribution in [0.15, 0.2) is 72.8 Å². The van der Waals surface area contributed by atoms with Crippen molar-refractivity contribution >= 4 is 27.4 Å². The van der Waals surface area contributed by atoms with Gasteiger partial charge >= 0.3 is 0 Å². The Bertz CT molecular complexity index is 1420. The number of nitrogens with zero attached hydrogens (tertiary/aromatic N) is 1. The molecule has 0 aliphatic rings. The number of benzene rings is 3. The van der Waals surface area contributed by atoms with Crippen LogP contribution in [-0.4, -0.2) is 64.6 Å². The van der Waals surface area contributed by atoms with Gasteiger partial charge in [0.25, 0.3) is 11.7 Å². The summed E-state index contributed by atoms with van der Waals surface area (Å²) in [5.41, 5.74) is 3.88. The van der Waals surface area contributed by atoms with Crippen molar-refractivity contribution in [2.24, 2.45) is 0 Å². The number of quaternary nitrogens is 1. The van der Waals surface area contributed by atoms with Gasteiger partial charge in [0, 0.05) is 13.0 Å². The number of amides is 1. The van der Waals surface area contributed by atoms with Crippen LogP contribution in [0.25, 0.3) is 22.3 Å². The number of unbranched alkanes of at least 4 members (excludes halogenated alkanes) is 5. The van der Waals surface area contributed by atoms with E-state index in [0.29, 0.717) is 19.4 Å². The number of carbonyl (C=O) groups excluding carboxylic acids is 2. The van der Waals surface area contributed by atoms with Crippen molar-refractivity contribution in [2.75, 3.05) is 44.7 Å². The molecule has 3 aromatic carbocycles. The van der Waals surface area contributed by atoms with Crippen LogP contribution in [0.2, 0.25) is 0 Å². The van der Waals surface area contributed by atoms with Crippen molar-refractivity contribution in [3.05, 3.63) is 78.4 Å². The predicted octanol–water partition coefficient (Wildman–Crippen LogP) is 3.52. The van der Waals surface area contributed by atoms with Crippen LogP contribution < -0.4 is 34.0 Å². The highest BCUT2D eigenvalue weighted by molar-refractivity contribution is 7.92. The van der Waals surface area contributed by atoms with E-state index >= 15 is 0 Å². The molecule has 0 saturated carbocycles. The molecule has 1 amide bonds. The predicted molar refractivity (Wildman–Crippen MR) is 173 cm³/mol. The minimum absolute atomic E-state index is 0. The number of sulfonamides is 1. The first-order chi connectivity index (χ1) is 20.0. The van der Waals surface area contributed by atoms with Gasteiger partial charge < -0.3 is 33.8 Å². The zero-order valence-corrected chi connectivity index (χ0v) is 28.8. The number of Topliss-reactive ketones (excluding diaryl/α,β-unsaturated/α-hetero) is 1. The lowest BCUT2D eigenvalue weighted by Crippen LogP contribution is -3.00. The quantitative estimate of drug-likeness (QED) is 0.0735. The highest BCUT2D eigenvalue weighted by Gasteiger charge is 2.23. The molecule has 3 rings (SSSR count). The topological polar surface area (TPSA) is 92.3 Å². The minimum Gasteiger partial charge on any atom is -1.00 e. The third kappa shape index (κ3) is 12.4. The highest BCUT2D eigenvalue weighted by atomic mass is 127. The van der Waals surface area contributed by atoms with Crippen molar-refractivity contribution in [1.82, 2.24) is 5.32 Å². The number of ketones is 1. The Labute approximate surface area is 275 Å². The summed E-state index contributed by atoms with van der Waals surface area (Å²) >= 11 is 0. The average Bonchev–Trinajstić information content (AvgIpc) is 2.97. The molecule has 0 aliphatic heterocycles. The van der Waals surface area contributed by atoms with Crippen LogP contribution >= 0.6 is 0 Å². The van der Waals surface area contributed by atoms with Crippen molar-refractivity contribution in [1.29, 1.82) is 0 Å². The van der Waals surface area contributed by atoms with Gasteiger partial charge in [-0.3, -0.25) is 14.3 Å². The fourth-order valence-electron chi connectivity index (χ4n) is 4.74. The molecule has 0 spiro atoms. The van der Waals surface area contributed by atoms with Gasteiger partial charge in [0.1, 0.15) is 0 Å². The molecule has 0 atom stereocenters. The van der Waals surface area contributed by atoms with Gasteiger partial charge in [-0.05, 0) is 40.8 Å². The fraction of sp³-hybridized carbons (Fsp3) is 0.412. The van der Waals surface area contributed by atoms with Gasteiger partial charge in [0.2, 0.25) is 10.0 Å². The van der Waals surface area contributed by atoms with Crippen molar-refractivity contribution in [2.45, 2.75) is 51.9 Å². The summed E-state index contributed by atoms with van der Waals surface area (Å²) in [7, 11) is 2.50. The second-order valence-corrected chi connectivity index (χ2v) is 13.7. The van der Waals surface area contributed by atoms with Crippen molar-refractivity contribution in [3.8, 4) is 22.3 Å². The number of rotatable bonds is 17. The van der Waals surface area contributed by atoms with Gasteiger partial charge in [0.15, 0.2) is 0 Å². The van der Waals surface area contributed by atoms with E-state index in [2.05, 4.69) is 38.1 Å². The average molecular weight is 720 g/mol. The Kier molecular flexibility index (Phi) is 14.8. The largest absolute Gasteiger partial charge is 1.00 e. The summed E-state index contributed by atoms with van der Waals surface area (Å²) < 4.78 is 29.2. The zero-order chi connectivity index (χ0) is 30.6. The molecule has 0 aliphatic carbocycles. The summed E-state index contributed by atoms with van der Waals surface area (Å²) in [4.78, 5) is 26.3. The van der Waals surface area contributed by atoms with E-state index in [-0.39, 0.29) is 41.0 Å². The van der Waals surface area contributed by atoms with Crippen molar-refractivity contribution < 1.29 is 46.5 Å². The minimum atomic E-state index is -3.70. The number of anilines is 1. The third-order valence-corrected chi connectivity index (χ3v) is 8.48. The van der Waals surface area contributed by atoms with E-state index in [1.807, 2.05) is 54.6 Å². The lowest BCUT2D eigenvalue weighted by atomic mass is 9.97. The Hall–Kier alpha value is -2.76. The monoisotopic (exact) mass is 719 g/mol. The Morgan fingerprint density at radius 3 is 1.91 bits per heavy atom. The van der Waals surface area contributed by atoms with Gasteiger partial charge in [-0.25, -0.2) is 8.42 Å². The normalized spacial score (nSPS) is 11.4. The SMILES string of the molecule is CCCCCCCCS(=O)(=O)Nc1ccc(-c2ccc(-c3ccccc3)cc2)cc1C(=O)C(=O)NCCC[N+](C)(C)C.[I-]. The second kappa shape index (κ2) is 17.5. The van der Waals surface area contributed by atoms with Crippen molar-refractivity contribution in [3.63, 3.8) is 0 Å². The summed E-state index contributed by atoms with van der Waals surface area (Å²) in [5.74, 6) is -1.54. The lowest BCUT2D eigenvalue weighted by Gasteiger charge is -2.23. The number of hydrogen-bond donors (Lipinski definition) is 2. The van der Waals surface area contributed by atoms with E-state index in [1.54, 1.807) is 18.2 Å². The summed E-state index contributed by atoms with van der Waals surface area (Å²) in [6, 6.07) is 22.9. The van der Waals surface area contributed by atoms with Crippen LogP contribution in [0, 0.1) is 0 Å². The Morgan fingerprint density at radius 1 is 0.721 bits per heavy atom. The molecule has 7 nitrogen and oxygen atoms in total. The molecular weight excluding hydrogens is 673 g/mol. The molecule has 234 valence electrons. The van der Waals surface area contributed by atoms with Crippen LogP contribution in [0.4, 0.5) is 5.69 Å². The molecule has 0 bridgehead atoms. The molecule has 43 heavy (non-hydrogen) atoms. The van der Waals surface area contributed by atoms with Gasteiger partial charge in [-0.15, -0.1) is 0 Å². The Balaban J connectivity index is 0.00000645. The van der Waals surface area contributed by atoms with Gasteiger partial charge in [-0.1, -0.05) is 99.7 Å². The number of hydrogen-bond acceptors (Lipinski definition) is 4. The van der Waals surface area contributed by atoms with Crippen LogP contribution in [0.1, 0.15) is 62.2 Å². The third-order valence-electron chi connectivity index (χ3n) is 7.12. The molecule has 0 aromatic heterocycles. The molecule has 0 heterocycles. The van der Waals surface area contributed by atoms with Gasteiger partial charge in [0.05, 0.1) is 44.7 Å². The number of carbonyl (C=O) groups is 2. The molecule has 0 radical (unpaired) electrons. The summed E-state index contributed by atoms with van der Waals surface area (Å²) in [6.45, 7) is 3.34. The van der Waals surface area contributed by atoms with E-state index in [9.17, 15) is 18.0 Å².